The maximum atomic E-state index is 6.17. The number of ether oxygens (including phenoxy) is 1. The van der Waals surface area contributed by atoms with Crippen molar-refractivity contribution in [1.82, 2.24) is 0 Å². The van der Waals surface area contributed by atoms with Crippen molar-refractivity contribution >= 4 is 17.3 Å². The van der Waals surface area contributed by atoms with Crippen LogP contribution in [0.3, 0.4) is 0 Å². The molecule has 0 saturated carbocycles. The first kappa shape index (κ1) is 13.5. The summed E-state index contributed by atoms with van der Waals surface area (Å²) in [6.07, 6.45) is 1.01. The smallest absolute Gasteiger partial charge is 0.137 e. The largest absolute Gasteiger partial charge is 0.495 e. The summed E-state index contributed by atoms with van der Waals surface area (Å²) in [5.41, 5.74) is 7.42. The molecular formula is C14H21ClN2O. The van der Waals surface area contributed by atoms with Gasteiger partial charge in [-0.25, -0.2) is 0 Å². The Morgan fingerprint density at radius 2 is 2.17 bits per heavy atom. The summed E-state index contributed by atoms with van der Waals surface area (Å²) >= 11 is 6.17. The molecule has 1 aliphatic heterocycles. The van der Waals surface area contributed by atoms with Crippen LogP contribution in [0.4, 0.5) is 5.69 Å². The first-order valence-corrected chi connectivity index (χ1v) is 6.66. The fourth-order valence-corrected chi connectivity index (χ4v) is 2.70. The Balaban J connectivity index is 2.20. The van der Waals surface area contributed by atoms with Gasteiger partial charge in [0.15, 0.2) is 0 Å². The van der Waals surface area contributed by atoms with Gasteiger partial charge in [0.2, 0.25) is 0 Å². The van der Waals surface area contributed by atoms with Crippen LogP contribution in [-0.2, 0) is 0 Å². The number of nitrogens with two attached hydrogens (primary N) is 1. The maximum Gasteiger partial charge on any atom is 0.137 e. The van der Waals surface area contributed by atoms with E-state index in [0.717, 1.165) is 25.2 Å². The Morgan fingerprint density at radius 1 is 1.44 bits per heavy atom. The lowest BCUT2D eigenvalue weighted by Crippen LogP contribution is -2.52. The Bertz CT molecular complexity index is 434. The molecule has 4 heteroatoms. The zero-order valence-electron chi connectivity index (χ0n) is 11.2. The summed E-state index contributed by atoms with van der Waals surface area (Å²) in [5.74, 6) is 0.716. The van der Waals surface area contributed by atoms with Crippen LogP contribution in [0.25, 0.3) is 0 Å². The van der Waals surface area contributed by atoms with E-state index in [0.29, 0.717) is 10.8 Å². The highest BCUT2D eigenvalue weighted by Crippen LogP contribution is 2.34. The summed E-state index contributed by atoms with van der Waals surface area (Å²) in [4.78, 5) is 2.34. The first-order valence-electron chi connectivity index (χ1n) is 6.28. The number of hydrogen-bond donors (Lipinski definition) is 1. The molecule has 1 aliphatic rings. The molecule has 1 aromatic rings. The van der Waals surface area contributed by atoms with Crippen LogP contribution in [0.1, 0.15) is 20.3 Å². The van der Waals surface area contributed by atoms with Crippen LogP contribution in [0.2, 0.25) is 5.02 Å². The Labute approximate surface area is 114 Å². The van der Waals surface area contributed by atoms with E-state index < -0.39 is 0 Å². The van der Waals surface area contributed by atoms with Gasteiger partial charge >= 0.3 is 0 Å². The summed E-state index contributed by atoms with van der Waals surface area (Å²) < 4.78 is 5.17. The zero-order valence-corrected chi connectivity index (χ0v) is 12.0. The zero-order chi connectivity index (χ0) is 13.3. The third kappa shape index (κ3) is 2.57. The molecule has 1 heterocycles. The molecule has 1 unspecified atom stereocenters. The van der Waals surface area contributed by atoms with Gasteiger partial charge in [-0.1, -0.05) is 25.4 Å². The first-order chi connectivity index (χ1) is 8.44. The minimum atomic E-state index is 0.130. The van der Waals surface area contributed by atoms with E-state index in [1.165, 1.54) is 0 Å². The third-order valence-corrected chi connectivity index (χ3v) is 4.11. The molecule has 1 aromatic carbocycles. The van der Waals surface area contributed by atoms with Gasteiger partial charge in [0.1, 0.15) is 5.75 Å². The molecule has 0 aliphatic carbocycles. The lowest BCUT2D eigenvalue weighted by atomic mass is 9.79. The molecule has 0 radical (unpaired) electrons. The van der Waals surface area contributed by atoms with Crippen molar-refractivity contribution in [2.75, 3.05) is 25.1 Å². The van der Waals surface area contributed by atoms with Gasteiger partial charge in [-0.05, 0) is 30.0 Å². The second kappa shape index (κ2) is 4.98. The highest BCUT2D eigenvalue weighted by atomic mass is 35.5. The monoisotopic (exact) mass is 268 g/mol. The molecule has 0 aromatic heterocycles. The van der Waals surface area contributed by atoms with E-state index in [2.05, 4.69) is 24.8 Å². The maximum absolute atomic E-state index is 6.17. The molecule has 3 nitrogen and oxygen atoms in total. The standard InChI is InChI=1S/C14H21ClN2O/c1-14(2)9-17(7-6-13(14)16)10-4-5-12(18-3)11(15)8-10/h4-5,8,13H,6-7,9,16H2,1-3H3. The number of benzene rings is 1. The van der Waals surface area contributed by atoms with Crippen molar-refractivity contribution in [1.29, 1.82) is 0 Å². The lowest BCUT2D eigenvalue weighted by Gasteiger charge is -2.43. The van der Waals surface area contributed by atoms with E-state index in [9.17, 15) is 0 Å². The average molecular weight is 269 g/mol. The van der Waals surface area contributed by atoms with Crippen molar-refractivity contribution in [3.8, 4) is 5.75 Å². The van der Waals surface area contributed by atoms with Crippen LogP contribution in [0.5, 0.6) is 5.75 Å². The Morgan fingerprint density at radius 3 is 2.72 bits per heavy atom. The van der Waals surface area contributed by atoms with E-state index in [-0.39, 0.29) is 11.5 Å². The number of halogens is 1. The van der Waals surface area contributed by atoms with Gasteiger partial charge in [0.05, 0.1) is 12.1 Å². The molecule has 1 saturated heterocycles. The second-order valence-electron chi connectivity index (χ2n) is 5.62. The molecule has 100 valence electrons. The number of hydrogen-bond acceptors (Lipinski definition) is 3. The molecule has 0 amide bonds. The summed E-state index contributed by atoms with van der Waals surface area (Å²) in [5, 5.41) is 0.655. The molecule has 2 N–H and O–H groups in total. The van der Waals surface area contributed by atoms with Gasteiger partial charge in [-0.3, -0.25) is 0 Å². The Kier molecular flexibility index (Phi) is 3.74. The minimum Gasteiger partial charge on any atom is -0.495 e. The van der Waals surface area contributed by atoms with Gasteiger partial charge < -0.3 is 15.4 Å². The number of piperidine rings is 1. The molecular weight excluding hydrogens is 248 g/mol. The van der Waals surface area contributed by atoms with Crippen molar-refractivity contribution in [2.24, 2.45) is 11.1 Å². The quantitative estimate of drug-likeness (QED) is 0.896. The predicted molar refractivity (Wildman–Crippen MR) is 76.6 cm³/mol. The van der Waals surface area contributed by atoms with Gasteiger partial charge in [-0.2, -0.15) is 0 Å². The number of rotatable bonds is 2. The normalized spacial score (nSPS) is 22.9. The third-order valence-electron chi connectivity index (χ3n) is 3.81. The van der Waals surface area contributed by atoms with Gasteiger partial charge in [-0.15, -0.1) is 0 Å². The fourth-order valence-electron chi connectivity index (χ4n) is 2.45. The van der Waals surface area contributed by atoms with Gasteiger partial charge in [0, 0.05) is 24.8 Å². The highest BCUT2D eigenvalue weighted by Gasteiger charge is 2.33. The van der Waals surface area contributed by atoms with Crippen LogP contribution in [-0.4, -0.2) is 26.2 Å². The predicted octanol–water partition coefficient (Wildman–Crippen LogP) is 2.91. The number of nitrogens with zero attached hydrogens (tertiary/aromatic N) is 1. The molecule has 1 fully saturated rings. The molecule has 1 atom stereocenters. The molecule has 2 rings (SSSR count). The lowest BCUT2D eigenvalue weighted by molar-refractivity contribution is 0.245. The highest BCUT2D eigenvalue weighted by molar-refractivity contribution is 6.32. The second-order valence-corrected chi connectivity index (χ2v) is 6.03. The van der Waals surface area contributed by atoms with E-state index in [4.69, 9.17) is 22.1 Å². The van der Waals surface area contributed by atoms with E-state index >= 15 is 0 Å². The average Bonchev–Trinajstić information content (AvgIpc) is 2.32. The van der Waals surface area contributed by atoms with Crippen LogP contribution in [0, 0.1) is 5.41 Å². The van der Waals surface area contributed by atoms with Crippen LogP contribution in [0.15, 0.2) is 18.2 Å². The van der Waals surface area contributed by atoms with Gasteiger partial charge in [0.25, 0.3) is 0 Å². The summed E-state index contributed by atoms with van der Waals surface area (Å²) in [7, 11) is 1.63. The minimum absolute atomic E-state index is 0.130. The summed E-state index contributed by atoms with van der Waals surface area (Å²) in [6.45, 7) is 6.37. The molecule has 0 spiro atoms. The number of anilines is 1. The van der Waals surface area contributed by atoms with Crippen molar-refractivity contribution in [3.63, 3.8) is 0 Å². The van der Waals surface area contributed by atoms with E-state index in [1.54, 1.807) is 7.11 Å². The Hall–Kier alpha value is -0.930. The number of methoxy groups -OCH3 is 1. The molecule has 0 bridgehead atoms. The molecule has 18 heavy (non-hydrogen) atoms. The SMILES string of the molecule is COc1ccc(N2CCC(N)C(C)(C)C2)cc1Cl. The fraction of sp³-hybridized carbons (Fsp3) is 0.571. The van der Waals surface area contributed by atoms with E-state index in [1.807, 2.05) is 12.1 Å². The van der Waals surface area contributed by atoms with Crippen LogP contribution < -0.4 is 15.4 Å². The van der Waals surface area contributed by atoms with Crippen molar-refractivity contribution < 1.29 is 4.74 Å². The van der Waals surface area contributed by atoms with Crippen molar-refractivity contribution in [2.45, 2.75) is 26.3 Å². The summed E-state index contributed by atoms with van der Waals surface area (Å²) in [6, 6.07) is 6.20. The van der Waals surface area contributed by atoms with Crippen LogP contribution >= 0.6 is 11.6 Å². The topological polar surface area (TPSA) is 38.5 Å². The van der Waals surface area contributed by atoms with Crippen molar-refractivity contribution in [3.05, 3.63) is 23.2 Å².